The Morgan fingerprint density at radius 1 is 1.24 bits per heavy atom. The van der Waals surface area contributed by atoms with Gasteiger partial charge in [-0.3, -0.25) is 0 Å². The zero-order valence-corrected chi connectivity index (χ0v) is 11.3. The van der Waals surface area contributed by atoms with Crippen molar-refractivity contribution in [3.8, 4) is 11.8 Å². The molecule has 0 amide bonds. The van der Waals surface area contributed by atoms with Gasteiger partial charge < -0.3 is 14.8 Å². The third-order valence-corrected chi connectivity index (χ3v) is 2.91. The van der Waals surface area contributed by atoms with Gasteiger partial charge in [-0.1, -0.05) is 13.8 Å². The minimum atomic E-state index is -0.0266. The fraction of sp³-hybridized carbons (Fsp3) is 0.636. The van der Waals surface area contributed by atoms with E-state index in [1.54, 1.807) is 20.3 Å². The Bertz CT molecular complexity index is 349. The van der Waals surface area contributed by atoms with Crippen LogP contribution in [0.3, 0.4) is 0 Å². The fourth-order valence-corrected chi connectivity index (χ4v) is 1.15. The molecular formula is C11H18ClN3O2. The molecule has 0 aromatic carbocycles. The first kappa shape index (κ1) is 13.8. The maximum absolute atomic E-state index is 5.85. The highest BCUT2D eigenvalue weighted by molar-refractivity contribution is 6.18. The van der Waals surface area contributed by atoms with Gasteiger partial charge in [0.25, 0.3) is 0 Å². The highest BCUT2D eigenvalue weighted by Crippen LogP contribution is 2.20. The Balaban J connectivity index is 2.76. The Morgan fingerprint density at radius 2 is 1.76 bits per heavy atom. The van der Waals surface area contributed by atoms with Gasteiger partial charge in [0.05, 0.1) is 20.3 Å². The SMILES string of the molecule is COc1cc(OC)nc(NCC(C)(C)CCl)n1. The molecule has 17 heavy (non-hydrogen) atoms. The molecule has 0 saturated carbocycles. The average Bonchev–Trinajstić information content (AvgIpc) is 2.36. The minimum absolute atomic E-state index is 0.0266. The van der Waals surface area contributed by atoms with E-state index in [0.717, 1.165) is 0 Å². The van der Waals surface area contributed by atoms with E-state index in [-0.39, 0.29) is 5.41 Å². The summed E-state index contributed by atoms with van der Waals surface area (Å²) in [7, 11) is 3.10. The lowest BCUT2D eigenvalue weighted by Gasteiger charge is -2.21. The van der Waals surface area contributed by atoms with Gasteiger partial charge in [-0.25, -0.2) is 0 Å². The number of nitrogens with zero attached hydrogens (tertiary/aromatic N) is 2. The third-order valence-electron chi connectivity index (χ3n) is 2.18. The molecule has 1 rings (SSSR count). The number of anilines is 1. The Kier molecular flexibility index (Phi) is 4.81. The van der Waals surface area contributed by atoms with Crippen molar-refractivity contribution in [2.45, 2.75) is 13.8 Å². The number of ether oxygens (including phenoxy) is 2. The highest BCUT2D eigenvalue weighted by Gasteiger charge is 2.17. The molecule has 5 nitrogen and oxygen atoms in total. The standard InChI is InChI=1S/C11H18ClN3O2/c1-11(2,6-12)7-13-10-14-8(16-3)5-9(15-10)17-4/h5H,6-7H2,1-4H3,(H,13,14,15). The fourth-order valence-electron chi connectivity index (χ4n) is 1.06. The second kappa shape index (κ2) is 5.91. The van der Waals surface area contributed by atoms with Gasteiger partial charge in [-0.2, -0.15) is 9.97 Å². The molecule has 0 radical (unpaired) electrons. The average molecular weight is 260 g/mol. The van der Waals surface area contributed by atoms with Crippen molar-refractivity contribution in [3.63, 3.8) is 0 Å². The number of aromatic nitrogens is 2. The van der Waals surface area contributed by atoms with E-state index in [2.05, 4.69) is 29.1 Å². The molecular weight excluding hydrogens is 242 g/mol. The van der Waals surface area contributed by atoms with Gasteiger partial charge in [0.1, 0.15) is 0 Å². The first-order valence-electron chi connectivity index (χ1n) is 5.27. The monoisotopic (exact) mass is 259 g/mol. The van der Waals surface area contributed by atoms with Crippen LogP contribution in [0.25, 0.3) is 0 Å². The normalized spacial score (nSPS) is 11.1. The molecule has 0 spiro atoms. The van der Waals surface area contributed by atoms with Crippen LogP contribution in [0.2, 0.25) is 0 Å². The molecule has 0 bridgehead atoms. The minimum Gasteiger partial charge on any atom is -0.481 e. The molecule has 0 aliphatic heterocycles. The molecule has 0 unspecified atom stereocenters. The lowest BCUT2D eigenvalue weighted by atomic mass is 9.97. The molecule has 0 atom stereocenters. The molecule has 1 aromatic rings. The van der Waals surface area contributed by atoms with Crippen molar-refractivity contribution in [1.82, 2.24) is 9.97 Å². The van der Waals surface area contributed by atoms with Crippen LogP contribution >= 0.6 is 11.6 Å². The van der Waals surface area contributed by atoms with Gasteiger partial charge in [-0.05, 0) is 5.41 Å². The second-order valence-electron chi connectivity index (χ2n) is 4.43. The van der Waals surface area contributed by atoms with Gasteiger partial charge in [0.15, 0.2) is 0 Å². The third kappa shape index (κ3) is 4.26. The van der Waals surface area contributed by atoms with Crippen molar-refractivity contribution < 1.29 is 9.47 Å². The van der Waals surface area contributed by atoms with Crippen molar-refractivity contribution in [3.05, 3.63) is 6.07 Å². The predicted molar refractivity (Wildman–Crippen MR) is 68.1 cm³/mol. The lowest BCUT2D eigenvalue weighted by Crippen LogP contribution is -2.25. The van der Waals surface area contributed by atoms with Gasteiger partial charge in [-0.15, -0.1) is 11.6 Å². The lowest BCUT2D eigenvalue weighted by molar-refractivity contribution is 0.372. The van der Waals surface area contributed by atoms with Crippen LogP contribution in [0.15, 0.2) is 6.07 Å². The maximum Gasteiger partial charge on any atom is 0.229 e. The van der Waals surface area contributed by atoms with Crippen LogP contribution in [-0.2, 0) is 0 Å². The van der Waals surface area contributed by atoms with E-state index in [9.17, 15) is 0 Å². The first-order valence-corrected chi connectivity index (χ1v) is 5.81. The molecule has 6 heteroatoms. The Morgan fingerprint density at radius 3 is 2.18 bits per heavy atom. The molecule has 1 aromatic heterocycles. The summed E-state index contributed by atoms with van der Waals surface area (Å²) in [6.45, 7) is 4.79. The maximum atomic E-state index is 5.85. The first-order chi connectivity index (χ1) is 8.00. The van der Waals surface area contributed by atoms with E-state index in [0.29, 0.717) is 30.1 Å². The molecule has 0 fully saturated rings. The Labute approximate surface area is 107 Å². The summed E-state index contributed by atoms with van der Waals surface area (Å²) < 4.78 is 10.1. The van der Waals surface area contributed by atoms with E-state index >= 15 is 0 Å². The summed E-state index contributed by atoms with van der Waals surface area (Å²) >= 11 is 5.85. The largest absolute Gasteiger partial charge is 0.481 e. The van der Waals surface area contributed by atoms with Crippen LogP contribution in [-0.4, -0.2) is 36.6 Å². The smallest absolute Gasteiger partial charge is 0.229 e. The van der Waals surface area contributed by atoms with Crippen molar-refractivity contribution in [2.75, 3.05) is 32.0 Å². The second-order valence-corrected chi connectivity index (χ2v) is 4.69. The van der Waals surface area contributed by atoms with Crippen LogP contribution in [0.1, 0.15) is 13.8 Å². The van der Waals surface area contributed by atoms with E-state index in [1.807, 2.05) is 0 Å². The zero-order chi connectivity index (χ0) is 12.9. The summed E-state index contributed by atoms with van der Waals surface area (Å²) in [6.07, 6.45) is 0. The van der Waals surface area contributed by atoms with E-state index in [4.69, 9.17) is 21.1 Å². The number of nitrogens with one attached hydrogen (secondary N) is 1. The Hall–Kier alpha value is -1.23. The van der Waals surface area contributed by atoms with Crippen LogP contribution in [0.4, 0.5) is 5.95 Å². The van der Waals surface area contributed by atoms with E-state index < -0.39 is 0 Å². The molecule has 1 N–H and O–H groups in total. The summed E-state index contributed by atoms with van der Waals surface area (Å²) in [5.74, 6) is 1.95. The summed E-state index contributed by atoms with van der Waals surface area (Å²) in [6, 6.07) is 1.62. The topological polar surface area (TPSA) is 56.3 Å². The van der Waals surface area contributed by atoms with Gasteiger partial charge in [0.2, 0.25) is 17.7 Å². The number of hydrogen-bond donors (Lipinski definition) is 1. The van der Waals surface area contributed by atoms with Crippen LogP contribution in [0, 0.1) is 5.41 Å². The molecule has 1 heterocycles. The van der Waals surface area contributed by atoms with Crippen LogP contribution in [0.5, 0.6) is 11.8 Å². The molecule has 0 aliphatic carbocycles. The molecule has 0 aliphatic rings. The van der Waals surface area contributed by atoms with Crippen LogP contribution < -0.4 is 14.8 Å². The summed E-state index contributed by atoms with van der Waals surface area (Å²) in [5.41, 5.74) is -0.0266. The molecule has 0 saturated heterocycles. The highest BCUT2D eigenvalue weighted by atomic mass is 35.5. The predicted octanol–water partition coefficient (Wildman–Crippen LogP) is 2.17. The number of hydrogen-bond acceptors (Lipinski definition) is 5. The summed E-state index contributed by atoms with van der Waals surface area (Å²) in [4.78, 5) is 8.34. The van der Waals surface area contributed by atoms with Crippen molar-refractivity contribution >= 4 is 17.5 Å². The number of alkyl halides is 1. The van der Waals surface area contributed by atoms with Crippen molar-refractivity contribution in [1.29, 1.82) is 0 Å². The van der Waals surface area contributed by atoms with E-state index in [1.165, 1.54) is 0 Å². The summed E-state index contributed by atoms with van der Waals surface area (Å²) in [5, 5.41) is 3.12. The van der Waals surface area contributed by atoms with Gasteiger partial charge in [0, 0.05) is 12.4 Å². The number of methoxy groups -OCH3 is 2. The molecule has 96 valence electrons. The zero-order valence-electron chi connectivity index (χ0n) is 10.6. The van der Waals surface area contributed by atoms with Crippen molar-refractivity contribution in [2.24, 2.45) is 5.41 Å². The number of halogens is 1. The number of rotatable bonds is 6. The quantitative estimate of drug-likeness (QED) is 0.794. The van der Waals surface area contributed by atoms with Gasteiger partial charge >= 0.3 is 0 Å².